The van der Waals surface area contributed by atoms with Crippen molar-refractivity contribution in [2.75, 3.05) is 5.32 Å². The summed E-state index contributed by atoms with van der Waals surface area (Å²) in [5, 5.41) is 3.44. The minimum absolute atomic E-state index is 0.219. The van der Waals surface area contributed by atoms with Gasteiger partial charge in [0.05, 0.1) is 11.7 Å². The summed E-state index contributed by atoms with van der Waals surface area (Å²) in [6.45, 7) is 2.00. The largest absolute Gasteiger partial charge is 0.323 e. The molecule has 0 fully saturated rings. The second kappa shape index (κ2) is 3.75. The Kier molecular flexibility index (Phi) is 2.45. The highest BCUT2D eigenvalue weighted by Gasteiger charge is 2.06. The van der Waals surface area contributed by atoms with Crippen molar-refractivity contribution in [2.45, 2.75) is 13.0 Å². The van der Waals surface area contributed by atoms with Crippen molar-refractivity contribution in [2.24, 2.45) is 4.99 Å². The first-order valence-corrected chi connectivity index (χ1v) is 4.62. The van der Waals surface area contributed by atoms with Crippen molar-refractivity contribution in [3.05, 3.63) is 29.2 Å². The second-order valence-corrected chi connectivity index (χ2v) is 3.36. The van der Waals surface area contributed by atoms with Crippen molar-refractivity contribution >= 4 is 23.8 Å². The van der Waals surface area contributed by atoms with Gasteiger partial charge in [-0.1, -0.05) is 11.6 Å². The molecule has 0 saturated carbocycles. The number of halogens is 1. The van der Waals surface area contributed by atoms with Gasteiger partial charge >= 0.3 is 0 Å². The topological polar surface area (TPSA) is 50.2 Å². The van der Waals surface area contributed by atoms with Gasteiger partial charge in [0, 0.05) is 12.4 Å². The Morgan fingerprint density at radius 3 is 3.00 bits per heavy atom. The molecule has 4 nitrogen and oxygen atoms in total. The molecule has 1 aromatic rings. The number of nitrogens with zero attached hydrogens (tertiary/aromatic N) is 3. The zero-order valence-corrected chi connectivity index (χ0v) is 8.36. The zero-order chi connectivity index (χ0) is 9.97. The van der Waals surface area contributed by atoms with Crippen LogP contribution in [0.25, 0.3) is 0 Å². The van der Waals surface area contributed by atoms with Crippen LogP contribution in [0.5, 0.6) is 0 Å². The normalized spacial score (nSPS) is 19.6. The van der Waals surface area contributed by atoms with Crippen LogP contribution in [-0.2, 0) is 0 Å². The van der Waals surface area contributed by atoms with Crippen LogP contribution < -0.4 is 5.32 Å². The SMILES string of the molecule is CC1C=C(Nc2nccc(Cl)n2)C=N1. The van der Waals surface area contributed by atoms with E-state index >= 15 is 0 Å². The van der Waals surface area contributed by atoms with Crippen LogP contribution in [0.3, 0.4) is 0 Å². The highest BCUT2D eigenvalue weighted by Crippen LogP contribution is 2.11. The molecular formula is C9H9ClN4. The maximum absolute atomic E-state index is 5.71. The number of aromatic nitrogens is 2. The fourth-order valence-electron chi connectivity index (χ4n) is 1.14. The number of nitrogens with one attached hydrogen (secondary N) is 1. The van der Waals surface area contributed by atoms with Gasteiger partial charge in [0.1, 0.15) is 5.15 Å². The van der Waals surface area contributed by atoms with Gasteiger partial charge in [0.2, 0.25) is 5.95 Å². The summed E-state index contributed by atoms with van der Waals surface area (Å²) in [4.78, 5) is 12.2. The van der Waals surface area contributed by atoms with E-state index in [0.717, 1.165) is 5.70 Å². The summed E-state index contributed by atoms with van der Waals surface area (Å²) in [6.07, 6.45) is 5.35. The Hall–Kier alpha value is -1.42. The summed E-state index contributed by atoms with van der Waals surface area (Å²) < 4.78 is 0. The summed E-state index contributed by atoms with van der Waals surface area (Å²) >= 11 is 5.71. The van der Waals surface area contributed by atoms with E-state index in [1.54, 1.807) is 18.5 Å². The van der Waals surface area contributed by atoms with Gasteiger partial charge in [0.15, 0.2) is 0 Å². The highest BCUT2D eigenvalue weighted by atomic mass is 35.5. The fourth-order valence-corrected chi connectivity index (χ4v) is 1.28. The third-order valence-electron chi connectivity index (χ3n) is 1.75. The van der Waals surface area contributed by atoms with Gasteiger partial charge in [-0.2, -0.15) is 0 Å². The number of hydrogen-bond acceptors (Lipinski definition) is 4. The summed E-state index contributed by atoms with van der Waals surface area (Å²) in [6, 6.07) is 1.85. The van der Waals surface area contributed by atoms with Crippen molar-refractivity contribution in [3.63, 3.8) is 0 Å². The van der Waals surface area contributed by atoms with Crippen molar-refractivity contribution in [3.8, 4) is 0 Å². The first-order valence-electron chi connectivity index (χ1n) is 4.24. The maximum atomic E-state index is 5.71. The number of anilines is 1. The number of rotatable bonds is 2. The molecule has 72 valence electrons. The van der Waals surface area contributed by atoms with Gasteiger partial charge in [-0.25, -0.2) is 9.97 Å². The number of hydrogen-bond donors (Lipinski definition) is 1. The van der Waals surface area contributed by atoms with Gasteiger partial charge in [-0.05, 0) is 19.1 Å². The highest BCUT2D eigenvalue weighted by molar-refractivity contribution is 6.29. The molecule has 0 amide bonds. The smallest absolute Gasteiger partial charge is 0.228 e. The maximum Gasteiger partial charge on any atom is 0.228 e. The van der Waals surface area contributed by atoms with Crippen LogP contribution in [0.15, 0.2) is 29.0 Å². The minimum atomic E-state index is 0.219. The quantitative estimate of drug-likeness (QED) is 0.756. The molecule has 0 aromatic carbocycles. The van der Waals surface area contributed by atoms with Gasteiger partial charge in [0.25, 0.3) is 0 Å². The van der Waals surface area contributed by atoms with Crippen LogP contribution in [0.4, 0.5) is 5.95 Å². The molecule has 1 aliphatic rings. The third-order valence-corrected chi connectivity index (χ3v) is 1.96. The number of aliphatic imine (C=N–C) groups is 1. The Balaban J connectivity index is 2.12. The summed E-state index contributed by atoms with van der Waals surface area (Å²) in [5.74, 6) is 0.490. The summed E-state index contributed by atoms with van der Waals surface area (Å²) in [5.41, 5.74) is 0.903. The van der Waals surface area contributed by atoms with Crippen LogP contribution in [0.1, 0.15) is 6.92 Å². The Bertz CT molecular complexity index is 400. The molecule has 0 saturated heterocycles. The van der Waals surface area contributed by atoms with Crippen LogP contribution in [0, 0.1) is 0 Å². The Morgan fingerprint density at radius 2 is 2.36 bits per heavy atom. The molecule has 2 rings (SSSR count). The monoisotopic (exact) mass is 208 g/mol. The molecule has 2 heterocycles. The fraction of sp³-hybridized carbons (Fsp3) is 0.222. The van der Waals surface area contributed by atoms with E-state index in [0.29, 0.717) is 11.1 Å². The molecule has 0 aliphatic carbocycles. The van der Waals surface area contributed by atoms with E-state index < -0.39 is 0 Å². The molecule has 1 unspecified atom stereocenters. The van der Waals surface area contributed by atoms with Crippen molar-refractivity contribution < 1.29 is 0 Å². The third kappa shape index (κ3) is 2.09. The van der Waals surface area contributed by atoms with Crippen LogP contribution in [-0.4, -0.2) is 22.2 Å². The van der Waals surface area contributed by atoms with E-state index in [1.807, 2.05) is 13.0 Å². The number of allylic oxidation sites excluding steroid dienone is 1. The molecule has 1 atom stereocenters. The first-order chi connectivity index (χ1) is 6.74. The molecular weight excluding hydrogens is 200 g/mol. The standard InChI is InChI=1S/C9H9ClN4/c1-6-4-7(5-12-6)13-9-11-3-2-8(10)14-9/h2-6H,1H3,(H,11,13,14). The lowest BCUT2D eigenvalue weighted by Gasteiger charge is -2.01. The van der Waals surface area contributed by atoms with Crippen LogP contribution in [0.2, 0.25) is 5.15 Å². The second-order valence-electron chi connectivity index (χ2n) is 2.97. The molecule has 5 heteroatoms. The molecule has 0 bridgehead atoms. The van der Waals surface area contributed by atoms with Gasteiger partial charge < -0.3 is 5.32 Å². The lowest BCUT2D eigenvalue weighted by molar-refractivity contribution is 0.948. The van der Waals surface area contributed by atoms with E-state index in [-0.39, 0.29) is 6.04 Å². The van der Waals surface area contributed by atoms with E-state index in [9.17, 15) is 0 Å². The molecule has 1 N–H and O–H groups in total. The van der Waals surface area contributed by atoms with Crippen molar-refractivity contribution in [1.82, 2.24) is 9.97 Å². The Morgan fingerprint density at radius 1 is 1.50 bits per heavy atom. The van der Waals surface area contributed by atoms with Gasteiger partial charge in [-0.3, -0.25) is 4.99 Å². The predicted octanol–water partition coefficient (Wildman–Crippen LogP) is 1.90. The Labute approximate surface area is 86.7 Å². The molecule has 1 aromatic heterocycles. The average Bonchev–Trinajstić information content (AvgIpc) is 2.51. The lowest BCUT2D eigenvalue weighted by Crippen LogP contribution is -2.02. The molecule has 0 radical (unpaired) electrons. The van der Waals surface area contributed by atoms with Crippen LogP contribution >= 0.6 is 11.6 Å². The lowest BCUT2D eigenvalue weighted by atomic mass is 10.3. The van der Waals surface area contributed by atoms with E-state index in [2.05, 4.69) is 20.3 Å². The van der Waals surface area contributed by atoms with Gasteiger partial charge in [-0.15, -0.1) is 0 Å². The van der Waals surface area contributed by atoms with Crippen molar-refractivity contribution in [1.29, 1.82) is 0 Å². The molecule has 1 aliphatic heterocycles. The molecule has 14 heavy (non-hydrogen) atoms. The van der Waals surface area contributed by atoms with E-state index in [4.69, 9.17) is 11.6 Å². The summed E-state index contributed by atoms with van der Waals surface area (Å²) in [7, 11) is 0. The van der Waals surface area contributed by atoms with E-state index in [1.165, 1.54) is 0 Å². The zero-order valence-electron chi connectivity index (χ0n) is 7.61. The average molecular weight is 209 g/mol. The molecule has 0 spiro atoms. The first kappa shape index (κ1) is 9.15. The predicted molar refractivity (Wildman–Crippen MR) is 56.7 cm³/mol. The minimum Gasteiger partial charge on any atom is -0.323 e.